The molecular weight excluding hydrogens is 186 g/mol. The van der Waals surface area contributed by atoms with Gasteiger partial charge in [0, 0.05) is 18.2 Å². The van der Waals surface area contributed by atoms with E-state index in [2.05, 4.69) is 24.9 Å². The predicted octanol–water partition coefficient (Wildman–Crippen LogP) is 2.92. The van der Waals surface area contributed by atoms with Crippen molar-refractivity contribution < 1.29 is 4.74 Å². The Hall–Kier alpha value is -1.28. The molecule has 0 heterocycles. The Morgan fingerprint density at radius 2 is 2.13 bits per heavy atom. The zero-order valence-corrected chi connectivity index (χ0v) is 9.71. The lowest BCUT2D eigenvalue weighted by molar-refractivity contribution is 0.402. The van der Waals surface area contributed by atoms with E-state index in [1.54, 1.807) is 7.11 Å². The van der Waals surface area contributed by atoms with Gasteiger partial charge in [-0.1, -0.05) is 30.4 Å². The molecule has 2 heteroatoms. The summed E-state index contributed by atoms with van der Waals surface area (Å²) in [4.78, 5) is 0. The molecule has 1 aromatic carbocycles. The molecule has 0 amide bonds. The molecule has 0 aliphatic heterocycles. The number of nitrogens with one attached hydrogen (secondary N) is 1. The lowest BCUT2D eigenvalue weighted by Crippen LogP contribution is -2.20. The minimum atomic E-state index is 0.276. The second kappa shape index (κ2) is 5.56. The van der Waals surface area contributed by atoms with Crippen molar-refractivity contribution in [2.75, 3.05) is 13.7 Å². The Morgan fingerprint density at radius 3 is 2.73 bits per heavy atom. The van der Waals surface area contributed by atoms with Crippen LogP contribution in [0.3, 0.4) is 0 Å². The van der Waals surface area contributed by atoms with Crippen LogP contribution in [0.4, 0.5) is 0 Å². The molecule has 82 valence electrons. The normalized spacial score (nSPS) is 12.2. The van der Waals surface area contributed by atoms with E-state index in [1.165, 1.54) is 5.56 Å². The number of ether oxygens (including phenoxy) is 1. The molecule has 0 spiro atoms. The maximum absolute atomic E-state index is 5.31. The number of para-hydroxylation sites is 1. The van der Waals surface area contributed by atoms with E-state index in [0.29, 0.717) is 0 Å². The van der Waals surface area contributed by atoms with E-state index in [4.69, 9.17) is 4.74 Å². The Kier molecular flexibility index (Phi) is 4.37. The number of benzene rings is 1. The fraction of sp³-hybridized carbons (Fsp3) is 0.385. The van der Waals surface area contributed by atoms with Crippen LogP contribution in [0.15, 0.2) is 36.4 Å². The average molecular weight is 205 g/mol. The zero-order chi connectivity index (χ0) is 11.3. The van der Waals surface area contributed by atoms with Gasteiger partial charge in [-0.25, -0.2) is 0 Å². The lowest BCUT2D eigenvalue weighted by Gasteiger charge is -2.17. The first kappa shape index (κ1) is 11.8. The number of methoxy groups -OCH3 is 1. The molecule has 0 bridgehead atoms. The zero-order valence-electron chi connectivity index (χ0n) is 9.71. The van der Waals surface area contributed by atoms with E-state index < -0.39 is 0 Å². The Morgan fingerprint density at radius 1 is 1.47 bits per heavy atom. The number of rotatable bonds is 5. The van der Waals surface area contributed by atoms with Crippen LogP contribution >= 0.6 is 0 Å². The first-order valence-corrected chi connectivity index (χ1v) is 5.16. The van der Waals surface area contributed by atoms with Gasteiger partial charge in [0.1, 0.15) is 5.75 Å². The van der Waals surface area contributed by atoms with Gasteiger partial charge in [0.25, 0.3) is 0 Å². The summed E-state index contributed by atoms with van der Waals surface area (Å²) in [5.41, 5.74) is 2.32. The highest BCUT2D eigenvalue weighted by atomic mass is 16.5. The first-order chi connectivity index (χ1) is 7.15. The van der Waals surface area contributed by atoms with Gasteiger partial charge >= 0.3 is 0 Å². The number of hydrogen-bond acceptors (Lipinski definition) is 2. The van der Waals surface area contributed by atoms with Crippen molar-refractivity contribution in [2.24, 2.45) is 0 Å². The van der Waals surface area contributed by atoms with Gasteiger partial charge in [-0.3, -0.25) is 0 Å². The summed E-state index contributed by atoms with van der Waals surface area (Å²) >= 11 is 0. The van der Waals surface area contributed by atoms with Crippen LogP contribution in [0.5, 0.6) is 5.75 Å². The molecule has 0 aromatic heterocycles. The molecule has 1 rings (SSSR count). The van der Waals surface area contributed by atoms with Crippen molar-refractivity contribution in [1.29, 1.82) is 0 Å². The van der Waals surface area contributed by atoms with E-state index in [1.807, 2.05) is 25.1 Å². The molecule has 1 unspecified atom stereocenters. The quantitative estimate of drug-likeness (QED) is 0.746. The van der Waals surface area contributed by atoms with Crippen LogP contribution in [0.2, 0.25) is 0 Å². The maximum Gasteiger partial charge on any atom is 0.123 e. The third-order valence-corrected chi connectivity index (χ3v) is 2.32. The van der Waals surface area contributed by atoms with E-state index in [9.17, 15) is 0 Å². The van der Waals surface area contributed by atoms with Crippen molar-refractivity contribution in [3.63, 3.8) is 0 Å². The first-order valence-electron chi connectivity index (χ1n) is 5.16. The van der Waals surface area contributed by atoms with E-state index in [0.717, 1.165) is 17.9 Å². The number of hydrogen-bond donors (Lipinski definition) is 1. The highest BCUT2D eigenvalue weighted by Crippen LogP contribution is 2.24. The van der Waals surface area contributed by atoms with Crippen molar-refractivity contribution in [3.8, 4) is 5.75 Å². The molecule has 15 heavy (non-hydrogen) atoms. The predicted molar refractivity (Wildman–Crippen MR) is 64.2 cm³/mol. The van der Waals surface area contributed by atoms with Gasteiger partial charge < -0.3 is 10.1 Å². The topological polar surface area (TPSA) is 21.3 Å². The fourth-order valence-corrected chi connectivity index (χ4v) is 1.46. The maximum atomic E-state index is 5.31. The SMILES string of the molecule is C=C(C)CNC(C)c1ccccc1OC. The van der Waals surface area contributed by atoms with Gasteiger partial charge in [0.05, 0.1) is 7.11 Å². The van der Waals surface area contributed by atoms with Crippen LogP contribution in [0.1, 0.15) is 25.5 Å². The second-order valence-electron chi connectivity index (χ2n) is 3.80. The van der Waals surface area contributed by atoms with Crippen molar-refractivity contribution in [2.45, 2.75) is 19.9 Å². The van der Waals surface area contributed by atoms with Crippen LogP contribution < -0.4 is 10.1 Å². The average Bonchev–Trinajstić information content (AvgIpc) is 2.25. The third kappa shape index (κ3) is 3.40. The Labute approximate surface area is 92.0 Å². The largest absolute Gasteiger partial charge is 0.496 e. The molecule has 1 atom stereocenters. The lowest BCUT2D eigenvalue weighted by atomic mass is 10.1. The van der Waals surface area contributed by atoms with Gasteiger partial charge in [-0.05, 0) is 19.9 Å². The highest BCUT2D eigenvalue weighted by Gasteiger charge is 2.09. The molecule has 1 aromatic rings. The molecular formula is C13H19NO. The summed E-state index contributed by atoms with van der Waals surface area (Å²) in [6, 6.07) is 8.34. The van der Waals surface area contributed by atoms with Gasteiger partial charge in [0.15, 0.2) is 0 Å². The minimum Gasteiger partial charge on any atom is -0.496 e. The van der Waals surface area contributed by atoms with Crippen LogP contribution in [0.25, 0.3) is 0 Å². The molecule has 0 aliphatic carbocycles. The summed E-state index contributed by atoms with van der Waals surface area (Å²) < 4.78 is 5.31. The Balaban J connectivity index is 2.72. The smallest absolute Gasteiger partial charge is 0.123 e. The monoisotopic (exact) mass is 205 g/mol. The van der Waals surface area contributed by atoms with Crippen molar-refractivity contribution in [3.05, 3.63) is 42.0 Å². The standard InChI is InChI=1S/C13H19NO/c1-10(2)9-14-11(3)12-7-5-6-8-13(12)15-4/h5-8,11,14H,1,9H2,2-4H3. The third-order valence-electron chi connectivity index (χ3n) is 2.32. The van der Waals surface area contributed by atoms with E-state index in [-0.39, 0.29) is 6.04 Å². The highest BCUT2D eigenvalue weighted by molar-refractivity contribution is 5.35. The van der Waals surface area contributed by atoms with E-state index >= 15 is 0 Å². The van der Waals surface area contributed by atoms with Crippen LogP contribution in [0, 0.1) is 0 Å². The van der Waals surface area contributed by atoms with Crippen LogP contribution in [-0.4, -0.2) is 13.7 Å². The molecule has 0 aliphatic rings. The fourth-order valence-electron chi connectivity index (χ4n) is 1.46. The van der Waals surface area contributed by atoms with Gasteiger partial charge in [-0.2, -0.15) is 0 Å². The van der Waals surface area contributed by atoms with Crippen LogP contribution in [-0.2, 0) is 0 Å². The molecule has 0 fully saturated rings. The van der Waals surface area contributed by atoms with Gasteiger partial charge in [0.2, 0.25) is 0 Å². The summed E-state index contributed by atoms with van der Waals surface area (Å²) in [7, 11) is 1.70. The molecule has 0 saturated heterocycles. The Bertz CT molecular complexity index is 333. The second-order valence-corrected chi connectivity index (χ2v) is 3.80. The van der Waals surface area contributed by atoms with Crippen molar-refractivity contribution in [1.82, 2.24) is 5.32 Å². The molecule has 1 N–H and O–H groups in total. The van der Waals surface area contributed by atoms with Crippen molar-refractivity contribution >= 4 is 0 Å². The molecule has 0 saturated carbocycles. The summed E-state index contributed by atoms with van der Waals surface area (Å²) in [6.07, 6.45) is 0. The van der Waals surface area contributed by atoms with Gasteiger partial charge in [-0.15, -0.1) is 0 Å². The molecule has 0 radical (unpaired) electrons. The summed E-state index contributed by atoms with van der Waals surface area (Å²) in [5.74, 6) is 0.930. The summed E-state index contributed by atoms with van der Waals surface area (Å²) in [5, 5.41) is 3.39. The molecule has 2 nitrogen and oxygen atoms in total. The summed E-state index contributed by atoms with van der Waals surface area (Å²) in [6.45, 7) is 8.84. The minimum absolute atomic E-state index is 0.276.